The molecule has 5 nitrogen and oxygen atoms in total. The zero-order valence-electron chi connectivity index (χ0n) is 8.86. The van der Waals surface area contributed by atoms with Crippen molar-refractivity contribution in [1.82, 2.24) is 0 Å². The van der Waals surface area contributed by atoms with Crippen LogP contribution in [0.3, 0.4) is 0 Å². The molecule has 0 aliphatic carbocycles. The molecule has 0 amide bonds. The number of rotatable bonds is 3. The van der Waals surface area contributed by atoms with Crippen molar-refractivity contribution in [1.29, 1.82) is 0 Å². The summed E-state index contributed by atoms with van der Waals surface area (Å²) in [4.78, 5) is 13.6. The zero-order valence-corrected chi connectivity index (χ0v) is 8.86. The van der Waals surface area contributed by atoms with Gasteiger partial charge in [-0.1, -0.05) is 0 Å². The molecule has 0 spiro atoms. The first-order chi connectivity index (χ1) is 7.86. The summed E-state index contributed by atoms with van der Waals surface area (Å²) in [6.07, 6.45) is 1.49. The van der Waals surface area contributed by atoms with Gasteiger partial charge in [-0.05, 0) is 12.1 Å². The Labute approximate surface area is 92.6 Å². The Morgan fingerprint density at radius 3 is 3.00 bits per heavy atom. The molecular weight excluding hydrogens is 210 g/mol. The summed E-state index contributed by atoms with van der Waals surface area (Å²) < 4.78 is 16.1. The molecule has 5 heteroatoms. The number of ether oxygens (including phenoxy) is 3. The van der Waals surface area contributed by atoms with E-state index in [1.54, 1.807) is 19.2 Å². The number of benzene rings is 1. The monoisotopic (exact) mass is 221 g/mol. The van der Waals surface area contributed by atoms with E-state index >= 15 is 0 Å². The fourth-order valence-corrected chi connectivity index (χ4v) is 1.60. The predicted octanol–water partition coefficient (Wildman–Crippen LogP) is 1.30. The van der Waals surface area contributed by atoms with Gasteiger partial charge in [-0.25, -0.2) is 9.79 Å². The summed E-state index contributed by atoms with van der Waals surface area (Å²) >= 11 is 0. The van der Waals surface area contributed by atoms with E-state index in [2.05, 4.69) is 4.99 Å². The molecule has 0 atom stereocenters. The molecule has 0 N–H and O–H groups in total. The second-order valence-electron chi connectivity index (χ2n) is 3.19. The van der Waals surface area contributed by atoms with Gasteiger partial charge in [0.15, 0.2) is 11.5 Å². The minimum Gasteiger partial charge on any atom is -0.492 e. The lowest BCUT2D eigenvalue weighted by Crippen LogP contribution is -2.16. The number of isocyanates is 1. The van der Waals surface area contributed by atoms with Crippen molar-refractivity contribution < 1.29 is 19.0 Å². The molecule has 2 rings (SSSR count). The lowest BCUT2D eigenvalue weighted by atomic mass is 10.1. The Bertz CT molecular complexity index is 438. The maximum atomic E-state index is 10.1. The molecule has 0 aromatic heterocycles. The van der Waals surface area contributed by atoms with Crippen molar-refractivity contribution in [3.05, 3.63) is 17.7 Å². The first kappa shape index (κ1) is 10.5. The van der Waals surface area contributed by atoms with Gasteiger partial charge in [0, 0.05) is 5.56 Å². The highest BCUT2D eigenvalue weighted by Gasteiger charge is 2.19. The smallest absolute Gasteiger partial charge is 0.235 e. The summed E-state index contributed by atoms with van der Waals surface area (Å²) in [6, 6.07) is 3.58. The Kier molecular flexibility index (Phi) is 3.08. The second-order valence-corrected chi connectivity index (χ2v) is 3.19. The van der Waals surface area contributed by atoms with Crippen LogP contribution in [0.4, 0.5) is 0 Å². The van der Waals surface area contributed by atoms with Crippen LogP contribution in [0.2, 0.25) is 0 Å². The summed E-state index contributed by atoms with van der Waals surface area (Å²) in [5.41, 5.74) is 0.773. The van der Waals surface area contributed by atoms with Crippen molar-refractivity contribution in [2.45, 2.75) is 6.54 Å². The largest absolute Gasteiger partial charge is 0.492 e. The Hall–Kier alpha value is -2.00. The van der Waals surface area contributed by atoms with E-state index in [1.165, 1.54) is 6.08 Å². The third-order valence-corrected chi connectivity index (χ3v) is 2.26. The summed E-state index contributed by atoms with van der Waals surface area (Å²) in [6.45, 7) is 1.25. The van der Waals surface area contributed by atoms with Crippen LogP contribution in [0.25, 0.3) is 0 Å². The molecule has 0 bridgehead atoms. The van der Waals surface area contributed by atoms with E-state index in [0.717, 1.165) is 5.56 Å². The molecule has 0 radical (unpaired) electrons. The summed E-state index contributed by atoms with van der Waals surface area (Å²) in [7, 11) is 1.54. The zero-order chi connectivity index (χ0) is 11.4. The highest BCUT2D eigenvalue weighted by atomic mass is 16.6. The molecule has 1 aromatic carbocycles. The first-order valence-electron chi connectivity index (χ1n) is 4.86. The number of methoxy groups -OCH3 is 1. The van der Waals surface area contributed by atoms with Gasteiger partial charge < -0.3 is 14.2 Å². The van der Waals surface area contributed by atoms with Gasteiger partial charge in [-0.2, -0.15) is 0 Å². The minimum atomic E-state index is 0.226. The highest BCUT2D eigenvalue weighted by Crippen LogP contribution is 2.41. The Morgan fingerprint density at radius 2 is 2.25 bits per heavy atom. The topological polar surface area (TPSA) is 57.1 Å². The van der Waals surface area contributed by atoms with E-state index in [4.69, 9.17) is 14.2 Å². The summed E-state index contributed by atoms with van der Waals surface area (Å²) in [5.74, 6) is 1.80. The average molecular weight is 221 g/mol. The van der Waals surface area contributed by atoms with Crippen LogP contribution >= 0.6 is 0 Å². The molecule has 16 heavy (non-hydrogen) atoms. The van der Waals surface area contributed by atoms with Crippen LogP contribution in [-0.4, -0.2) is 26.4 Å². The normalized spacial score (nSPS) is 12.8. The van der Waals surface area contributed by atoms with Gasteiger partial charge in [0.25, 0.3) is 0 Å². The van der Waals surface area contributed by atoms with Crippen molar-refractivity contribution in [3.8, 4) is 17.2 Å². The fourth-order valence-electron chi connectivity index (χ4n) is 1.60. The molecular formula is C11H11NO4. The van der Waals surface area contributed by atoms with Gasteiger partial charge in [-0.3, -0.25) is 0 Å². The fraction of sp³-hybridized carbons (Fsp3) is 0.364. The minimum absolute atomic E-state index is 0.226. The highest BCUT2D eigenvalue weighted by molar-refractivity contribution is 5.56. The van der Waals surface area contributed by atoms with E-state index < -0.39 is 0 Å². The van der Waals surface area contributed by atoms with Crippen LogP contribution < -0.4 is 14.2 Å². The van der Waals surface area contributed by atoms with Crippen LogP contribution in [0, 0.1) is 0 Å². The van der Waals surface area contributed by atoms with E-state index in [9.17, 15) is 4.79 Å². The van der Waals surface area contributed by atoms with Gasteiger partial charge in [0.2, 0.25) is 11.8 Å². The van der Waals surface area contributed by atoms with Gasteiger partial charge >= 0.3 is 0 Å². The van der Waals surface area contributed by atoms with Crippen LogP contribution in [-0.2, 0) is 11.3 Å². The number of fused-ring (bicyclic) bond motifs is 1. The number of hydrogen-bond donors (Lipinski definition) is 0. The van der Waals surface area contributed by atoms with Crippen molar-refractivity contribution in [3.63, 3.8) is 0 Å². The van der Waals surface area contributed by atoms with Gasteiger partial charge in [-0.15, -0.1) is 0 Å². The third-order valence-electron chi connectivity index (χ3n) is 2.26. The molecule has 0 fully saturated rings. The van der Waals surface area contributed by atoms with E-state index in [-0.39, 0.29) is 6.54 Å². The third kappa shape index (κ3) is 1.85. The predicted molar refractivity (Wildman–Crippen MR) is 55.8 cm³/mol. The lowest BCUT2D eigenvalue weighted by molar-refractivity contribution is 0.164. The number of nitrogens with zero attached hydrogens (tertiary/aromatic N) is 1. The number of carbonyl (C=O) groups excluding carboxylic acids is 1. The maximum Gasteiger partial charge on any atom is 0.235 e. The Balaban J connectivity index is 2.42. The van der Waals surface area contributed by atoms with Crippen LogP contribution in [0.15, 0.2) is 17.1 Å². The van der Waals surface area contributed by atoms with Crippen LogP contribution in [0.1, 0.15) is 5.56 Å². The van der Waals surface area contributed by atoms with Crippen LogP contribution in [0.5, 0.6) is 17.2 Å². The number of aliphatic imine (C=N–C) groups is 1. The molecule has 1 aliphatic rings. The average Bonchev–Trinajstić information content (AvgIpc) is 2.35. The van der Waals surface area contributed by atoms with Gasteiger partial charge in [0.1, 0.15) is 13.2 Å². The molecule has 0 unspecified atom stereocenters. The SMILES string of the molecule is COc1c(CN=C=O)ccc2c1OCCO2. The first-order valence-corrected chi connectivity index (χ1v) is 4.86. The quantitative estimate of drug-likeness (QED) is 0.570. The molecule has 1 aliphatic heterocycles. The van der Waals surface area contributed by atoms with Crippen molar-refractivity contribution >= 4 is 6.08 Å². The lowest BCUT2D eigenvalue weighted by Gasteiger charge is -2.21. The maximum absolute atomic E-state index is 10.1. The molecule has 0 saturated carbocycles. The standard InChI is InChI=1S/C11H11NO4/c1-14-10-8(6-12-7-13)2-3-9-11(10)16-5-4-15-9/h2-3H,4-6H2,1H3. The number of hydrogen-bond acceptors (Lipinski definition) is 5. The molecule has 0 saturated heterocycles. The van der Waals surface area contributed by atoms with Gasteiger partial charge in [0.05, 0.1) is 13.7 Å². The summed E-state index contributed by atoms with van der Waals surface area (Å²) in [5, 5.41) is 0. The second kappa shape index (κ2) is 4.68. The molecule has 1 heterocycles. The van der Waals surface area contributed by atoms with Crippen molar-refractivity contribution in [2.24, 2.45) is 4.99 Å². The van der Waals surface area contributed by atoms with E-state index in [1.807, 2.05) is 0 Å². The van der Waals surface area contributed by atoms with E-state index in [0.29, 0.717) is 30.5 Å². The molecule has 84 valence electrons. The Morgan fingerprint density at radius 1 is 1.44 bits per heavy atom. The molecule has 1 aromatic rings. The van der Waals surface area contributed by atoms with Crippen molar-refractivity contribution in [2.75, 3.05) is 20.3 Å².